The van der Waals surface area contributed by atoms with Crippen LogP contribution in [0.5, 0.6) is 11.5 Å². The Labute approximate surface area is 217 Å². The van der Waals surface area contributed by atoms with E-state index in [4.69, 9.17) is 28.8 Å². The van der Waals surface area contributed by atoms with Gasteiger partial charge in [0.05, 0.1) is 20.3 Å². The molecule has 9 nitrogen and oxygen atoms in total. The molecule has 0 aliphatic rings. The van der Waals surface area contributed by atoms with Crippen molar-refractivity contribution in [3.63, 3.8) is 0 Å². The summed E-state index contributed by atoms with van der Waals surface area (Å²) in [5.74, 6) is 0.781. The molecule has 0 heterocycles. The minimum absolute atomic E-state index is 0.104. The predicted octanol–water partition coefficient (Wildman–Crippen LogP) is 4.83. The molecule has 200 valence electrons. The molecule has 0 aromatic heterocycles. The predicted molar refractivity (Wildman–Crippen MR) is 140 cm³/mol. The lowest BCUT2D eigenvalue weighted by molar-refractivity contribution is -0.137. The van der Waals surface area contributed by atoms with Gasteiger partial charge >= 0.3 is 12.1 Å². The fraction of sp³-hybridized carbons (Fsp3) is 0.357. The molecule has 0 saturated carbocycles. The van der Waals surface area contributed by atoms with Gasteiger partial charge in [-0.05, 0) is 73.9 Å². The zero-order valence-corrected chi connectivity index (χ0v) is 21.9. The molecule has 9 heteroatoms. The largest absolute Gasteiger partial charge is 0.497 e. The molecule has 0 aliphatic carbocycles. The molecule has 2 aromatic rings. The fourth-order valence-corrected chi connectivity index (χ4v) is 3.56. The molecule has 0 spiro atoms. The van der Waals surface area contributed by atoms with Gasteiger partial charge in [0.2, 0.25) is 0 Å². The maximum absolute atomic E-state index is 12.9. The topological polar surface area (TPSA) is 113 Å². The standard InChI is InChI=1S/C28H35NO8/c1-6-35-25(31)18-19(2)17-20(3)26(34-5)27(21-7-11-24(12-8-21)36-16-15-30)37-28(32)29-22-9-13-23(33-4)14-10-22/h7-14,17-18,26-27,30H,6,15-16H2,1-5H3,(H,29,32)/b19-18+,20-17+/t26-,27-/m1/s1. The number of amides is 1. The molecule has 2 N–H and O–H groups in total. The van der Waals surface area contributed by atoms with Crippen molar-refractivity contribution in [1.82, 2.24) is 0 Å². The summed E-state index contributed by atoms with van der Waals surface area (Å²) in [6, 6.07) is 13.8. The number of rotatable bonds is 13. The van der Waals surface area contributed by atoms with Gasteiger partial charge in [-0.1, -0.05) is 18.2 Å². The number of allylic oxidation sites excluding steroid dienone is 2. The highest BCUT2D eigenvalue weighted by molar-refractivity contribution is 5.85. The number of benzene rings is 2. The van der Waals surface area contributed by atoms with Gasteiger partial charge in [0.15, 0.2) is 6.10 Å². The van der Waals surface area contributed by atoms with E-state index in [1.54, 1.807) is 75.6 Å². The number of aliphatic hydroxyl groups excluding tert-OH is 1. The lowest BCUT2D eigenvalue weighted by atomic mass is 9.97. The van der Waals surface area contributed by atoms with E-state index in [0.29, 0.717) is 28.3 Å². The van der Waals surface area contributed by atoms with Crippen molar-refractivity contribution in [3.8, 4) is 11.5 Å². The number of ether oxygens (including phenoxy) is 5. The van der Waals surface area contributed by atoms with E-state index in [2.05, 4.69) is 5.32 Å². The minimum Gasteiger partial charge on any atom is -0.497 e. The van der Waals surface area contributed by atoms with Crippen LogP contribution >= 0.6 is 0 Å². The Morgan fingerprint density at radius 2 is 1.62 bits per heavy atom. The Morgan fingerprint density at radius 3 is 2.19 bits per heavy atom. The summed E-state index contributed by atoms with van der Waals surface area (Å²) in [7, 11) is 3.08. The van der Waals surface area contributed by atoms with Crippen LogP contribution in [0, 0.1) is 0 Å². The van der Waals surface area contributed by atoms with Crippen molar-refractivity contribution in [2.45, 2.75) is 33.0 Å². The molecule has 1 amide bonds. The monoisotopic (exact) mass is 513 g/mol. The first-order valence-corrected chi connectivity index (χ1v) is 11.8. The first-order valence-electron chi connectivity index (χ1n) is 11.8. The number of nitrogens with one attached hydrogen (secondary N) is 1. The molecule has 0 bridgehead atoms. The van der Waals surface area contributed by atoms with Crippen LogP contribution in [0.4, 0.5) is 10.5 Å². The molecular weight excluding hydrogens is 478 g/mol. The van der Waals surface area contributed by atoms with E-state index in [1.165, 1.54) is 13.2 Å². The van der Waals surface area contributed by atoms with Crippen LogP contribution in [0.1, 0.15) is 32.4 Å². The van der Waals surface area contributed by atoms with Gasteiger partial charge in [0.25, 0.3) is 0 Å². The van der Waals surface area contributed by atoms with Crippen LogP contribution in [0.3, 0.4) is 0 Å². The molecular formula is C28H35NO8. The highest BCUT2D eigenvalue weighted by Crippen LogP contribution is 2.30. The summed E-state index contributed by atoms with van der Waals surface area (Å²) < 4.78 is 27.2. The SMILES string of the molecule is CCOC(=O)/C=C(C)/C=C(\C)[C@@H](OC)[C@H](OC(=O)Nc1ccc(OC)cc1)c1ccc(OCCO)cc1. The van der Waals surface area contributed by atoms with E-state index in [0.717, 1.165) is 5.57 Å². The van der Waals surface area contributed by atoms with E-state index in [-0.39, 0.29) is 19.8 Å². The first kappa shape index (κ1) is 29.4. The van der Waals surface area contributed by atoms with Gasteiger partial charge in [0.1, 0.15) is 24.2 Å². The third kappa shape index (κ3) is 9.63. The van der Waals surface area contributed by atoms with Gasteiger partial charge < -0.3 is 28.8 Å². The molecule has 2 aromatic carbocycles. The van der Waals surface area contributed by atoms with Gasteiger partial charge in [-0.15, -0.1) is 0 Å². The maximum Gasteiger partial charge on any atom is 0.412 e. The number of esters is 1. The van der Waals surface area contributed by atoms with E-state index in [1.807, 2.05) is 6.92 Å². The summed E-state index contributed by atoms with van der Waals surface area (Å²) in [6.07, 6.45) is 0.989. The van der Waals surface area contributed by atoms with E-state index < -0.39 is 24.3 Å². The Bertz CT molecular complexity index is 1060. The van der Waals surface area contributed by atoms with Crippen LogP contribution in [0.25, 0.3) is 0 Å². The Kier molecular flexibility index (Phi) is 12.2. The average Bonchev–Trinajstić information content (AvgIpc) is 2.88. The van der Waals surface area contributed by atoms with Gasteiger partial charge in [0, 0.05) is 18.9 Å². The summed E-state index contributed by atoms with van der Waals surface area (Å²) in [5, 5.41) is 11.7. The van der Waals surface area contributed by atoms with Gasteiger partial charge in [-0.2, -0.15) is 0 Å². The summed E-state index contributed by atoms with van der Waals surface area (Å²) in [6.45, 7) is 5.68. The van der Waals surface area contributed by atoms with Crippen LogP contribution in [0.15, 0.2) is 71.8 Å². The van der Waals surface area contributed by atoms with Gasteiger partial charge in [-0.25, -0.2) is 9.59 Å². The second kappa shape index (κ2) is 15.3. The number of aliphatic hydroxyl groups is 1. The highest BCUT2D eigenvalue weighted by atomic mass is 16.6. The van der Waals surface area contributed by atoms with Gasteiger partial charge in [-0.3, -0.25) is 5.32 Å². The number of hydrogen-bond acceptors (Lipinski definition) is 8. The third-order valence-electron chi connectivity index (χ3n) is 5.20. The second-order valence-corrected chi connectivity index (χ2v) is 8.01. The van der Waals surface area contributed by atoms with Crippen molar-refractivity contribution in [2.75, 3.05) is 39.4 Å². The average molecular weight is 514 g/mol. The van der Waals surface area contributed by atoms with Crippen molar-refractivity contribution in [3.05, 3.63) is 77.4 Å². The summed E-state index contributed by atoms with van der Waals surface area (Å²) in [5.41, 5.74) is 2.58. The normalized spacial score (nSPS) is 13.4. The number of hydrogen-bond donors (Lipinski definition) is 2. The molecule has 0 saturated heterocycles. The lowest BCUT2D eigenvalue weighted by Crippen LogP contribution is -2.29. The van der Waals surface area contributed by atoms with Crippen molar-refractivity contribution < 1.29 is 38.4 Å². The van der Waals surface area contributed by atoms with E-state index >= 15 is 0 Å². The van der Waals surface area contributed by atoms with Crippen molar-refractivity contribution >= 4 is 17.7 Å². The summed E-state index contributed by atoms with van der Waals surface area (Å²) >= 11 is 0. The third-order valence-corrected chi connectivity index (χ3v) is 5.20. The molecule has 37 heavy (non-hydrogen) atoms. The molecule has 0 aliphatic heterocycles. The zero-order chi connectivity index (χ0) is 27.2. The Hall–Kier alpha value is -3.82. The first-order chi connectivity index (χ1) is 17.8. The van der Waals surface area contributed by atoms with Crippen LogP contribution in [-0.2, 0) is 19.0 Å². The smallest absolute Gasteiger partial charge is 0.412 e. The Morgan fingerprint density at radius 1 is 0.973 bits per heavy atom. The van der Waals surface area contributed by atoms with Crippen molar-refractivity contribution in [2.24, 2.45) is 0 Å². The Balaban J connectivity index is 2.33. The minimum atomic E-state index is -0.832. The lowest BCUT2D eigenvalue weighted by Gasteiger charge is -2.27. The molecule has 0 radical (unpaired) electrons. The van der Waals surface area contributed by atoms with Crippen molar-refractivity contribution in [1.29, 1.82) is 0 Å². The number of methoxy groups -OCH3 is 2. The molecule has 0 unspecified atom stereocenters. The second-order valence-electron chi connectivity index (χ2n) is 8.01. The quantitative estimate of drug-likeness (QED) is 0.223. The van der Waals surface area contributed by atoms with E-state index in [9.17, 15) is 9.59 Å². The fourth-order valence-electron chi connectivity index (χ4n) is 3.56. The zero-order valence-electron chi connectivity index (χ0n) is 21.9. The molecule has 2 atom stereocenters. The van der Waals surface area contributed by atoms with Crippen LogP contribution < -0.4 is 14.8 Å². The molecule has 0 fully saturated rings. The van der Waals surface area contributed by atoms with Crippen LogP contribution in [-0.4, -0.2) is 57.3 Å². The van der Waals surface area contributed by atoms with Crippen LogP contribution in [0.2, 0.25) is 0 Å². The maximum atomic E-state index is 12.9. The molecule has 2 rings (SSSR count). The number of anilines is 1. The highest BCUT2D eigenvalue weighted by Gasteiger charge is 2.29. The number of carbonyl (C=O) groups is 2. The summed E-state index contributed by atoms with van der Waals surface area (Å²) in [4.78, 5) is 24.7. The number of carbonyl (C=O) groups excluding carboxylic acids is 2.